The third kappa shape index (κ3) is 2.90. The Morgan fingerprint density at radius 2 is 1.89 bits per heavy atom. The van der Waals surface area contributed by atoms with Crippen molar-refractivity contribution < 1.29 is 5.11 Å². The van der Waals surface area contributed by atoms with Gasteiger partial charge in [-0.05, 0) is 37.6 Å². The quantitative estimate of drug-likeness (QED) is 0.775. The predicted octanol–water partition coefficient (Wildman–Crippen LogP) is 3.22. The molecule has 0 aromatic heterocycles. The molecular weight excluding hydrogens is 242 g/mol. The molecule has 1 fully saturated rings. The summed E-state index contributed by atoms with van der Waals surface area (Å²) < 4.78 is 0. The summed E-state index contributed by atoms with van der Waals surface area (Å²) in [6.07, 6.45) is 2.25. The first-order valence-corrected chi connectivity index (χ1v) is 7.54. The molecule has 2 rings (SSSR count). The average molecular weight is 265 g/mol. The third-order valence-electron chi connectivity index (χ3n) is 3.69. The zero-order valence-electron chi connectivity index (χ0n) is 11.4. The standard InChI is InChI=1S/C15H23NOS/c1-11(2)18-13-6-4-12(5-7-13)14(16-3)15(10-17)8-9-15/h4-7,11,14,16-17H,8-10H2,1-3H3. The number of hydrogen-bond acceptors (Lipinski definition) is 3. The first kappa shape index (κ1) is 13.9. The van der Waals surface area contributed by atoms with Crippen LogP contribution in [0.1, 0.15) is 38.3 Å². The van der Waals surface area contributed by atoms with Crippen molar-refractivity contribution in [3.05, 3.63) is 29.8 Å². The molecule has 1 aromatic carbocycles. The topological polar surface area (TPSA) is 32.3 Å². The van der Waals surface area contributed by atoms with Crippen molar-refractivity contribution in [3.63, 3.8) is 0 Å². The van der Waals surface area contributed by atoms with Gasteiger partial charge in [-0.1, -0.05) is 26.0 Å². The zero-order chi connectivity index (χ0) is 13.2. The summed E-state index contributed by atoms with van der Waals surface area (Å²) in [5.41, 5.74) is 1.37. The van der Waals surface area contributed by atoms with Crippen LogP contribution in [0.5, 0.6) is 0 Å². The Morgan fingerprint density at radius 3 is 2.28 bits per heavy atom. The Bertz CT molecular complexity index is 384. The van der Waals surface area contributed by atoms with Crippen LogP contribution in [0.4, 0.5) is 0 Å². The monoisotopic (exact) mass is 265 g/mol. The molecule has 1 aliphatic carbocycles. The predicted molar refractivity (Wildman–Crippen MR) is 78.0 cm³/mol. The van der Waals surface area contributed by atoms with Crippen LogP contribution < -0.4 is 5.32 Å². The molecule has 0 aliphatic heterocycles. The van der Waals surface area contributed by atoms with Gasteiger partial charge in [0.25, 0.3) is 0 Å². The highest BCUT2D eigenvalue weighted by Crippen LogP contribution is 2.54. The van der Waals surface area contributed by atoms with Crippen molar-refractivity contribution in [2.75, 3.05) is 13.7 Å². The van der Waals surface area contributed by atoms with Crippen molar-refractivity contribution in [2.45, 2.75) is 42.9 Å². The lowest BCUT2D eigenvalue weighted by Crippen LogP contribution is -2.29. The largest absolute Gasteiger partial charge is 0.396 e. The Morgan fingerprint density at radius 1 is 1.28 bits per heavy atom. The van der Waals surface area contributed by atoms with Gasteiger partial charge in [-0.2, -0.15) is 0 Å². The summed E-state index contributed by atoms with van der Waals surface area (Å²) in [4.78, 5) is 1.32. The van der Waals surface area contributed by atoms with Crippen LogP contribution in [-0.4, -0.2) is 24.0 Å². The van der Waals surface area contributed by atoms with E-state index in [2.05, 4.69) is 43.4 Å². The van der Waals surface area contributed by atoms with Gasteiger partial charge in [0.2, 0.25) is 0 Å². The van der Waals surface area contributed by atoms with Crippen molar-refractivity contribution in [1.82, 2.24) is 5.32 Å². The van der Waals surface area contributed by atoms with Gasteiger partial charge in [0.05, 0.1) is 6.61 Å². The molecule has 3 heteroatoms. The first-order chi connectivity index (χ1) is 8.61. The van der Waals surface area contributed by atoms with E-state index in [9.17, 15) is 5.11 Å². The molecule has 100 valence electrons. The number of nitrogens with one attached hydrogen (secondary N) is 1. The van der Waals surface area contributed by atoms with Crippen LogP contribution in [0.3, 0.4) is 0 Å². The Hall–Kier alpha value is -0.510. The second-order valence-electron chi connectivity index (χ2n) is 5.48. The van der Waals surface area contributed by atoms with Gasteiger partial charge in [-0.15, -0.1) is 11.8 Å². The highest BCUT2D eigenvalue weighted by Gasteiger charge is 2.48. The van der Waals surface area contributed by atoms with E-state index in [0.29, 0.717) is 5.25 Å². The van der Waals surface area contributed by atoms with Crippen molar-refractivity contribution in [1.29, 1.82) is 0 Å². The van der Waals surface area contributed by atoms with Gasteiger partial charge < -0.3 is 10.4 Å². The Labute approximate surface area is 114 Å². The number of thioether (sulfide) groups is 1. The third-order valence-corrected chi connectivity index (χ3v) is 4.71. The molecule has 1 saturated carbocycles. The average Bonchev–Trinajstić information content (AvgIpc) is 3.13. The van der Waals surface area contributed by atoms with Crippen molar-refractivity contribution in [3.8, 4) is 0 Å². The molecule has 1 aliphatic rings. The van der Waals surface area contributed by atoms with E-state index in [0.717, 1.165) is 12.8 Å². The minimum Gasteiger partial charge on any atom is -0.396 e. The van der Waals surface area contributed by atoms with Gasteiger partial charge in [-0.25, -0.2) is 0 Å². The lowest BCUT2D eigenvalue weighted by atomic mass is 9.91. The van der Waals surface area contributed by atoms with Crippen molar-refractivity contribution in [2.24, 2.45) is 5.41 Å². The molecule has 2 N–H and O–H groups in total. The number of benzene rings is 1. The molecule has 0 heterocycles. The van der Waals surface area contributed by atoms with Crippen LogP contribution >= 0.6 is 11.8 Å². The summed E-state index contributed by atoms with van der Waals surface area (Å²) in [7, 11) is 1.98. The fourth-order valence-corrected chi connectivity index (χ4v) is 3.37. The van der Waals surface area contributed by atoms with Crippen LogP contribution in [-0.2, 0) is 0 Å². The molecule has 0 radical (unpaired) electrons. The number of hydrogen-bond donors (Lipinski definition) is 2. The summed E-state index contributed by atoms with van der Waals surface area (Å²) in [5.74, 6) is 0. The molecule has 0 spiro atoms. The molecule has 1 aromatic rings. The molecule has 0 bridgehead atoms. The first-order valence-electron chi connectivity index (χ1n) is 6.66. The molecule has 18 heavy (non-hydrogen) atoms. The molecule has 2 nitrogen and oxygen atoms in total. The maximum atomic E-state index is 9.55. The van der Waals surface area contributed by atoms with E-state index in [-0.39, 0.29) is 18.1 Å². The molecule has 1 atom stereocenters. The zero-order valence-corrected chi connectivity index (χ0v) is 12.3. The molecule has 0 saturated heterocycles. The van der Waals surface area contributed by atoms with Crippen LogP contribution in [0.15, 0.2) is 29.2 Å². The molecular formula is C15H23NOS. The number of aliphatic hydroxyl groups excluding tert-OH is 1. The summed E-state index contributed by atoms with van der Waals surface area (Å²) in [5, 5.41) is 13.5. The Kier molecular flexibility index (Phi) is 4.36. The van der Waals surface area contributed by atoms with Gasteiger partial charge >= 0.3 is 0 Å². The maximum Gasteiger partial charge on any atom is 0.0505 e. The molecule has 1 unspecified atom stereocenters. The summed E-state index contributed by atoms with van der Waals surface area (Å²) >= 11 is 1.89. The molecule has 0 amide bonds. The second kappa shape index (κ2) is 5.64. The van der Waals surface area contributed by atoms with E-state index < -0.39 is 0 Å². The van der Waals surface area contributed by atoms with E-state index in [4.69, 9.17) is 0 Å². The second-order valence-corrected chi connectivity index (χ2v) is 7.13. The summed E-state index contributed by atoms with van der Waals surface area (Å²) in [6.45, 7) is 4.70. The fourth-order valence-electron chi connectivity index (χ4n) is 2.54. The summed E-state index contributed by atoms with van der Waals surface area (Å²) in [6, 6.07) is 9.05. The van der Waals surface area contributed by atoms with E-state index >= 15 is 0 Å². The number of aliphatic hydroxyl groups is 1. The van der Waals surface area contributed by atoms with E-state index in [1.165, 1.54) is 10.5 Å². The fraction of sp³-hybridized carbons (Fsp3) is 0.600. The SMILES string of the molecule is CNC(c1ccc(SC(C)C)cc1)C1(CO)CC1. The lowest BCUT2D eigenvalue weighted by molar-refractivity contribution is 0.175. The van der Waals surface area contributed by atoms with E-state index in [1.807, 2.05) is 18.8 Å². The van der Waals surface area contributed by atoms with E-state index in [1.54, 1.807) is 0 Å². The van der Waals surface area contributed by atoms with Crippen LogP contribution in [0.25, 0.3) is 0 Å². The normalized spacial score (nSPS) is 18.9. The highest BCUT2D eigenvalue weighted by molar-refractivity contribution is 7.99. The maximum absolute atomic E-state index is 9.55. The smallest absolute Gasteiger partial charge is 0.0505 e. The van der Waals surface area contributed by atoms with Gasteiger partial charge in [0.1, 0.15) is 0 Å². The van der Waals surface area contributed by atoms with Gasteiger partial charge in [-0.3, -0.25) is 0 Å². The lowest BCUT2D eigenvalue weighted by Gasteiger charge is -2.25. The minimum atomic E-state index is 0.0848. The van der Waals surface area contributed by atoms with Gasteiger partial charge in [0, 0.05) is 21.6 Å². The minimum absolute atomic E-state index is 0.0848. The number of rotatable bonds is 6. The highest BCUT2D eigenvalue weighted by atomic mass is 32.2. The Balaban J connectivity index is 2.12. The van der Waals surface area contributed by atoms with Gasteiger partial charge in [0.15, 0.2) is 0 Å². The van der Waals surface area contributed by atoms with Crippen LogP contribution in [0, 0.1) is 5.41 Å². The van der Waals surface area contributed by atoms with Crippen LogP contribution in [0.2, 0.25) is 0 Å². The van der Waals surface area contributed by atoms with Crippen molar-refractivity contribution >= 4 is 11.8 Å².